The Kier molecular flexibility index (Phi) is 5.92. The predicted molar refractivity (Wildman–Crippen MR) is 74.3 cm³/mol. The normalized spacial score (nSPS) is 11.9. The first kappa shape index (κ1) is 16.1. The molecule has 2 N–H and O–H groups in total. The first-order valence-electron chi connectivity index (χ1n) is 5.79. The van der Waals surface area contributed by atoms with Gasteiger partial charge in [0.2, 0.25) is 10.0 Å². The van der Waals surface area contributed by atoms with Crippen LogP contribution >= 0.6 is 11.3 Å². The molecule has 1 heterocycles. The van der Waals surface area contributed by atoms with Crippen molar-refractivity contribution >= 4 is 27.3 Å². The maximum Gasteiger partial charge on any atom is 0.345 e. The van der Waals surface area contributed by atoms with Gasteiger partial charge in [-0.15, -0.1) is 11.3 Å². The second-order valence-corrected chi connectivity index (χ2v) is 7.04. The molecule has 0 unspecified atom stereocenters. The monoisotopic (exact) mass is 306 g/mol. The van der Waals surface area contributed by atoms with E-state index in [1.807, 2.05) is 19.0 Å². The van der Waals surface area contributed by atoms with Crippen molar-refractivity contribution in [3.63, 3.8) is 0 Å². The van der Waals surface area contributed by atoms with Gasteiger partial charge in [0, 0.05) is 11.9 Å². The highest BCUT2D eigenvalue weighted by molar-refractivity contribution is 7.89. The van der Waals surface area contributed by atoms with Crippen LogP contribution < -0.4 is 4.72 Å². The average Bonchev–Trinajstić information content (AvgIpc) is 2.77. The maximum absolute atomic E-state index is 11.9. The summed E-state index contributed by atoms with van der Waals surface area (Å²) >= 11 is 0.907. The maximum atomic E-state index is 11.9. The van der Waals surface area contributed by atoms with E-state index in [4.69, 9.17) is 5.11 Å². The standard InChI is InChI=1S/C11H18N2O4S2/c1-13(2)6-4-3-5-12-19(16,17)9-7-10(11(14)15)18-8-9/h7-8,12H,3-6H2,1-2H3,(H,14,15). The summed E-state index contributed by atoms with van der Waals surface area (Å²) in [5.41, 5.74) is 0. The Labute approximate surface area is 117 Å². The van der Waals surface area contributed by atoms with Crippen LogP contribution in [0, 0.1) is 0 Å². The lowest BCUT2D eigenvalue weighted by atomic mass is 10.3. The molecule has 8 heteroatoms. The molecule has 0 fully saturated rings. The van der Waals surface area contributed by atoms with Gasteiger partial charge >= 0.3 is 5.97 Å². The summed E-state index contributed by atoms with van der Waals surface area (Å²) in [5.74, 6) is -1.11. The van der Waals surface area contributed by atoms with Gasteiger partial charge in [-0.1, -0.05) is 0 Å². The molecule has 0 aliphatic heterocycles. The molecule has 1 rings (SSSR count). The topological polar surface area (TPSA) is 86.7 Å². The second kappa shape index (κ2) is 6.99. The highest BCUT2D eigenvalue weighted by Crippen LogP contribution is 2.18. The van der Waals surface area contributed by atoms with Crippen LogP contribution in [0.5, 0.6) is 0 Å². The Morgan fingerprint density at radius 3 is 2.63 bits per heavy atom. The van der Waals surface area contributed by atoms with E-state index in [1.165, 1.54) is 11.4 Å². The zero-order valence-corrected chi connectivity index (χ0v) is 12.6. The van der Waals surface area contributed by atoms with Crippen LogP contribution in [0.3, 0.4) is 0 Å². The van der Waals surface area contributed by atoms with E-state index in [9.17, 15) is 13.2 Å². The van der Waals surface area contributed by atoms with Crippen LogP contribution in [0.25, 0.3) is 0 Å². The Hall–Kier alpha value is -0.960. The third-order valence-corrected chi connectivity index (χ3v) is 4.93. The molecule has 1 aromatic rings. The van der Waals surface area contributed by atoms with Crippen LogP contribution in [-0.4, -0.2) is 51.6 Å². The van der Waals surface area contributed by atoms with Gasteiger partial charge in [-0.05, 0) is 39.5 Å². The summed E-state index contributed by atoms with van der Waals surface area (Å²) in [6, 6.07) is 1.18. The molecule has 0 atom stereocenters. The highest BCUT2D eigenvalue weighted by atomic mass is 32.2. The van der Waals surface area contributed by atoms with Crippen LogP contribution in [0.1, 0.15) is 22.5 Å². The number of rotatable bonds is 8. The van der Waals surface area contributed by atoms with Crippen molar-refractivity contribution in [2.75, 3.05) is 27.2 Å². The fourth-order valence-corrected chi connectivity index (χ4v) is 3.60. The Bertz CT molecular complexity index is 523. The number of carboxylic acid groups (broad SMARTS) is 1. The third-order valence-electron chi connectivity index (χ3n) is 2.42. The summed E-state index contributed by atoms with van der Waals surface area (Å²) in [5, 5.41) is 10.1. The van der Waals surface area contributed by atoms with Crippen molar-refractivity contribution < 1.29 is 18.3 Å². The van der Waals surface area contributed by atoms with Gasteiger partial charge in [0.25, 0.3) is 0 Å². The van der Waals surface area contributed by atoms with Gasteiger partial charge in [-0.25, -0.2) is 17.9 Å². The van der Waals surface area contributed by atoms with Crippen molar-refractivity contribution in [2.45, 2.75) is 17.7 Å². The summed E-state index contributed by atoms with van der Waals surface area (Å²) < 4.78 is 26.2. The lowest BCUT2D eigenvalue weighted by Gasteiger charge is -2.09. The van der Waals surface area contributed by atoms with E-state index in [2.05, 4.69) is 4.72 Å². The number of thiophene rings is 1. The molecule has 0 radical (unpaired) electrons. The van der Waals surface area contributed by atoms with Crippen LogP contribution in [0.15, 0.2) is 16.3 Å². The molecular weight excluding hydrogens is 288 g/mol. The van der Waals surface area contributed by atoms with Gasteiger partial charge in [0.1, 0.15) is 4.88 Å². The Balaban J connectivity index is 2.49. The molecule has 1 aromatic heterocycles. The number of carboxylic acids is 1. The minimum atomic E-state index is -3.59. The van der Waals surface area contributed by atoms with E-state index in [0.29, 0.717) is 6.54 Å². The third kappa shape index (κ3) is 5.27. The van der Waals surface area contributed by atoms with Crippen LogP contribution in [0.4, 0.5) is 0 Å². The molecule has 19 heavy (non-hydrogen) atoms. The molecular formula is C11H18N2O4S2. The fourth-order valence-electron chi connectivity index (χ4n) is 1.41. The van der Waals surface area contributed by atoms with Gasteiger partial charge in [-0.3, -0.25) is 0 Å². The summed E-state index contributed by atoms with van der Waals surface area (Å²) in [6.45, 7) is 1.26. The van der Waals surface area contributed by atoms with Gasteiger partial charge in [-0.2, -0.15) is 0 Å². The molecule has 0 saturated carbocycles. The molecule has 0 bridgehead atoms. The number of nitrogens with zero attached hydrogens (tertiary/aromatic N) is 1. The number of sulfonamides is 1. The molecule has 6 nitrogen and oxygen atoms in total. The van der Waals surface area contributed by atoms with E-state index in [0.717, 1.165) is 30.7 Å². The molecule has 0 amide bonds. The Morgan fingerprint density at radius 1 is 1.42 bits per heavy atom. The quantitative estimate of drug-likeness (QED) is 0.702. The molecule has 0 spiro atoms. The largest absolute Gasteiger partial charge is 0.477 e. The summed E-state index contributed by atoms with van der Waals surface area (Å²) in [4.78, 5) is 12.8. The van der Waals surface area contributed by atoms with Crippen molar-refractivity contribution in [3.8, 4) is 0 Å². The van der Waals surface area contributed by atoms with Gasteiger partial charge in [0.05, 0.1) is 4.90 Å². The molecule has 0 saturated heterocycles. The average molecular weight is 306 g/mol. The lowest BCUT2D eigenvalue weighted by Crippen LogP contribution is -2.25. The molecule has 0 aliphatic carbocycles. The first-order valence-corrected chi connectivity index (χ1v) is 8.15. The van der Waals surface area contributed by atoms with Crippen LogP contribution in [0.2, 0.25) is 0 Å². The molecule has 108 valence electrons. The van der Waals surface area contributed by atoms with Gasteiger partial charge in [0.15, 0.2) is 0 Å². The Morgan fingerprint density at radius 2 is 2.11 bits per heavy atom. The predicted octanol–water partition coefficient (Wildman–Crippen LogP) is 1.07. The number of carbonyl (C=O) groups is 1. The minimum Gasteiger partial charge on any atom is -0.477 e. The lowest BCUT2D eigenvalue weighted by molar-refractivity contribution is 0.0702. The zero-order chi connectivity index (χ0) is 14.5. The smallest absolute Gasteiger partial charge is 0.345 e. The number of aromatic carboxylic acids is 1. The summed E-state index contributed by atoms with van der Waals surface area (Å²) in [6.07, 6.45) is 1.65. The van der Waals surface area contributed by atoms with E-state index >= 15 is 0 Å². The minimum absolute atomic E-state index is 0.0162. The highest BCUT2D eigenvalue weighted by Gasteiger charge is 2.17. The summed E-state index contributed by atoms with van der Waals surface area (Å²) in [7, 11) is 0.332. The number of unbranched alkanes of at least 4 members (excludes halogenated alkanes) is 1. The van der Waals surface area contributed by atoms with E-state index in [-0.39, 0.29) is 9.77 Å². The van der Waals surface area contributed by atoms with Crippen molar-refractivity contribution in [1.29, 1.82) is 0 Å². The van der Waals surface area contributed by atoms with Crippen molar-refractivity contribution in [3.05, 3.63) is 16.3 Å². The fraction of sp³-hybridized carbons (Fsp3) is 0.545. The first-order chi connectivity index (χ1) is 8.83. The van der Waals surface area contributed by atoms with E-state index in [1.54, 1.807) is 0 Å². The zero-order valence-electron chi connectivity index (χ0n) is 10.9. The number of nitrogens with one attached hydrogen (secondary N) is 1. The number of hydrogen-bond donors (Lipinski definition) is 2. The van der Waals surface area contributed by atoms with E-state index < -0.39 is 16.0 Å². The van der Waals surface area contributed by atoms with Crippen molar-refractivity contribution in [2.24, 2.45) is 0 Å². The van der Waals surface area contributed by atoms with Crippen LogP contribution in [-0.2, 0) is 10.0 Å². The van der Waals surface area contributed by atoms with Crippen molar-refractivity contribution in [1.82, 2.24) is 9.62 Å². The second-order valence-electron chi connectivity index (χ2n) is 4.36. The number of hydrogen-bond acceptors (Lipinski definition) is 5. The van der Waals surface area contributed by atoms with Gasteiger partial charge < -0.3 is 10.0 Å². The molecule has 0 aliphatic rings. The SMILES string of the molecule is CN(C)CCCCNS(=O)(=O)c1csc(C(=O)O)c1. The molecule has 0 aromatic carbocycles.